The Morgan fingerprint density at radius 2 is 1.78 bits per heavy atom. The van der Waals surface area contributed by atoms with E-state index in [0.717, 1.165) is 11.3 Å². The molecule has 1 saturated heterocycles. The van der Waals surface area contributed by atoms with Crippen LogP contribution in [-0.2, 0) is 0 Å². The van der Waals surface area contributed by atoms with Crippen LogP contribution in [0.4, 0.5) is 0 Å². The zero-order valence-corrected chi connectivity index (χ0v) is 13.4. The first-order chi connectivity index (χ1) is 8.76. The molecule has 1 heterocycles. The van der Waals surface area contributed by atoms with Gasteiger partial charge in [0.1, 0.15) is 0 Å². The van der Waals surface area contributed by atoms with Gasteiger partial charge in [-0.2, -0.15) is 11.8 Å². The van der Waals surface area contributed by atoms with Crippen LogP contribution in [0.1, 0.15) is 27.2 Å². The van der Waals surface area contributed by atoms with E-state index in [9.17, 15) is 0 Å². The highest BCUT2D eigenvalue weighted by atomic mass is 32.2. The Balaban J connectivity index is 2.32. The lowest BCUT2D eigenvalue weighted by Gasteiger charge is -2.31. The van der Waals surface area contributed by atoms with Crippen LogP contribution in [0.3, 0.4) is 0 Å². The lowest BCUT2D eigenvalue weighted by molar-refractivity contribution is 0.201. The van der Waals surface area contributed by atoms with E-state index in [1.54, 1.807) is 0 Å². The third-order valence-corrected chi connectivity index (χ3v) is 5.21. The van der Waals surface area contributed by atoms with Crippen molar-refractivity contribution in [2.24, 2.45) is 0 Å². The van der Waals surface area contributed by atoms with Crippen molar-refractivity contribution < 1.29 is 0 Å². The lowest BCUT2D eigenvalue weighted by atomic mass is 10.2. The van der Waals surface area contributed by atoms with Crippen LogP contribution in [0.2, 0.25) is 0 Å². The predicted octanol–water partition coefficient (Wildman–Crippen LogP) is 1.74. The van der Waals surface area contributed by atoms with Gasteiger partial charge in [0, 0.05) is 24.4 Å². The second-order valence-corrected chi connectivity index (χ2v) is 6.09. The van der Waals surface area contributed by atoms with Gasteiger partial charge in [-0.15, -0.1) is 0 Å². The van der Waals surface area contributed by atoms with Gasteiger partial charge in [-0.3, -0.25) is 4.90 Å². The summed E-state index contributed by atoms with van der Waals surface area (Å²) in [6.45, 7) is 15.2. The van der Waals surface area contributed by atoms with Crippen LogP contribution in [0.25, 0.3) is 0 Å². The van der Waals surface area contributed by atoms with Crippen molar-refractivity contribution >= 4 is 11.8 Å². The molecule has 108 valence electrons. The standard InChI is InChI=1S/C14H31N3S/c1-5-16(6-2)9-8-10-17(7-3)13-11-15-12-14(13)18-4/h13-15H,5-12H2,1-4H3. The number of nitrogens with one attached hydrogen (secondary N) is 1. The molecular formula is C14H31N3S. The van der Waals surface area contributed by atoms with Gasteiger partial charge in [0.2, 0.25) is 0 Å². The average molecular weight is 273 g/mol. The number of nitrogens with zero attached hydrogens (tertiary/aromatic N) is 2. The number of likely N-dealkylation sites (N-methyl/N-ethyl adjacent to an activating group) is 1. The fraction of sp³-hybridized carbons (Fsp3) is 1.00. The molecule has 1 aliphatic heterocycles. The van der Waals surface area contributed by atoms with Crippen molar-refractivity contribution in [3.05, 3.63) is 0 Å². The molecule has 18 heavy (non-hydrogen) atoms. The molecule has 4 heteroatoms. The summed E-state index contributed by atoms with van der Waals surface area (Å²) in [6.07, 6.45) is 3.54. The number of thioether (sulfide) groups is 1. The molecule has 1 N–H and O–H groups in total. The highest BCUT2D eigenvalue weighted by Crippen LogP contribution is 2.20. The van der Waals surface area contributed by atoms with Gasteiger partial charge >= 0.3 is 0 Å². The van der Waals surface area contributed by atoms with Gasteiger partial charge in [0.05, 0.1) is 0 Å². The zero-order valence-electron chi connectivity index (χ0n) is 12.6. The van der Waals surface area contributed by atoms with Gasteiger partial charge in [-0.25, -0.2) is 0 Å². The van der Waals surface area contributed by atoms with Crippen LogP contribution in [-0.4, -0.2) is 73.2 Å². The molecule has 2 atom stereocenters. The molecule has 0 aromatic carbocycles. The maximum absolute atomic E-state index is 3.54. The lowest BCUT2D eigenvalue weighted by Crippen LogP contribution is -2.43. The maximum atomic E-state index is 3.54. The van der Waals surface area contributed by atoms with Gasteiger partial charge in [-0.1, -0.05) is 20.8 Å². The summed E-state index contributed by atoms with van der Waals surface area (Å²) in [5.41, 5.74) is 0. The summed E-state index contributed by atoms with van der Waals surface area (Å²) in [7, 11) is 0. The van der Waals surface area contributed by atoms with E-state index in [1.165, 1.54) is 52.2 Å². The molecule has 0 bridgehead atoms. The fourth-order valence-electron chi connectivity index (χ4n) is 2.84. The largest absolute Gasteiger partial charge is 0.314 e. The topological polar surface area (TPSA) is 18.5 Å². The normalized spacial score (nSPS) is 24.3. The van der Waals surface area contributed by atoms with Crippen LogP contribution < -0.4 is 5.32 Å². The minimum absolute atomic E-state index is 0.738. The van der Waals surface area contributed by atoms with Crippen molar-refractivity contribution in [1.29, 1.82) is 0 Å². The Kier molecular flexibility index (Phi) is 8.31. The van der Waals surface area contributed by atoms with Crippen molar-refractivity contribution in [1.82, 2.24) is 15.1 Å². The maximum Gasteiger partial charge on any atom is 0.0351 e. The number of hydrogen-bond donors (Lipinski definition) is 1. The molecule has 0 saturated carbocycles. The first-order valence-electron chi connectivity index (χ1n) is 7.46. The van der Waals surface area contributed by atoms with Crippen molar-refractivity contribution in [3.8, 4) is 0 Å². The Morgan fingerprint density at radius 3 is 2.33 bits per heavy atom. The molecule has 1 aliphatic rings. The molecule has 1 rings (SSSR count). The highest BCUT2D eigenvalue weighted by molar-refractivity contribution is 7.99. The molecule has 0 aromatic heterocycles. The first-order valence-corrected chi connectivity index (χ1v) is 8.75. The van der Waals surface area contributed by atoms with Crippen molar-refractivity contribution in [3.63, 3.8) is 0 Å². The zero-order chi connectivity index (χ0) is 13.4. The van der Waals surface area contributed by atoms with E-state index in [1.807, 2.05) is 11.8 Å². The third-order valence-electron chi connectivity index (χ3n) is 4.12. The van der Waals surface area contributed by atoms with E-state index in [4.69, 9.17) is 0 Å². The molecule has 1 fully saturated rings. The quantitative estimate of drug-likeness (QED) is 0.689. The van der Waals surface area contributed by atoms with E-state index < -0.39 is 0 Å². The molecule has 2 unspecified atom stereocenters. The van der Waals surface area contributed by atoms with E-state index in [-0.39, 0.29) is 0 Å². The smallest absolute Gasteiger partial charge is 0.0351 e. The second kappa shape index (κ2) is 9.18. The first kappa shape index (κ1) is 16.3. The van der Waals surface area contributed by atoms with Crippen molar-refractivity contribution in [2.45, 2.75) is 38.5 Å². The molecule has 3 nitrogen and oxygen atoms in total. The molecule has 0 aromatic rings. The van der Waals surface area contributed by atoms with E-state index >= 15 is 0 Å². The molecule has 0 amide bonds. The summed E-state index contributed by atoms with van der Waals surface area (Å²) >= 11 is 2.02. The summed E-state index contributed by atoms with van der Waals surface area (Å²) < 4.78 is 0. The molecule has 0 spiro atoms. The highest BCUT2D eigenvalue weighted by Gasteiger charge is 2.30. The Morgan fingerprint density at radius 1 is 1.06 bits per heavy atom. The summed E-state index contributed by atoms with van der Waals surface area (Å²) in [6, 6.07) is 0.738. The Hall–Kier alpha value is 0.230. The minimum Gasteiger partial charge on any atom is -0.314 e. The third kappa shape index (κ3) is 4.72. The van der Waals surface area contributed by atoms with Gasteiger partial charge in [-0.05, 0) is 45.4 Å². The Labute approximate surface area is 118 Å². The van der Waals surface area contributed by atoms with Crippen molar-refractivity contribution in [2.75, 3.05) is 52.1 Å². The number of rotatable bonds is 9. The van der Waals surface area contributed by atoms with E-state index in [0.29, 0.717) is 0 Å². The molecular weight excluding hydrogens is 242 g/mol. The van der Waals surface area contributed by atoms with Crippen LogP contribution in [0.5, 0.6) is 0 Å². The minimum atomic E-state index is 0.738. The summed E-state index contributed by atoms with van der Waals surface area (Å²) in [4.78, 5) is 5.19. The van der Waals surface area contributed by atoms with Gasteiger partial charge in [0.25, 0.3) is 0 Å². The average Bonchev–Trinajstić information content (AvgIpc) is 2.87. The number of hydrogen-bond acceptors (Lipinski definition) is 4. The SMILES string of the molecule is CCN(CC)CCCN(CC)C1CNCC1SC. The van der Waals surface area contributed by atoms with Crippen LogP contribution in [0, 0.1) is 0 Å². The molecule has 0 aliphatic carbocycles. The monoisotopic (exact) mass is 273 g/mol. The van der Waals surface area contributed by atoms with Gasteiger partial charge < -0.3 is 10.2 Å². The van der Waals surface area contributed by atoms with Crippen LogP contribution >= 0.6 is 11.8 Å². The summed E-state index contributed by atoms with van der Waals surface area (Å²) in [5, 5.41) is 4.31. The predicted molar refractivity (Wildman–Crippen MR) is 83.6 cm³/mol. The summed E-state index contributed by atoms with van der Waals surface area (Å²) in [5.74, 6) is 0. The second-order valence-electron chi connectivity index (χ2n) is 5.01. The van der Waals surface area contributed by atoms with Crippen LogP contribution in [0.15, 0.2) is 0 Å². The fourth-order valence-corrected chi connectivity index (χ4v) is 3.71. The molecule has 0 radical (unpaired) electrons. The Bertz CT molecular complexity index is 209. The van der Waals surface area contributed by atoms with E-state index in [2.05, 4.69) is 42.1 Å². The van der Waals surface area contributed by atoms with Gasteiger partial charge in [0.15, 0.2) is 0 Å².